The van der Waals surface area contributed by atoms with Crippen LogP contribution in [0.15, 0.2) is 18.2 Å². The van der Waals surface area contributed by atoms with E-state index in [1.54, 1.807) is 0 Å². The third kappa shape index (κ3) is 3.08. The highest BCUT2D eigenvalue weighted by Crippen LogP contribution is 2.46. The lowest BCUT2D eigenvalue weighted by molar-refractivity contribution is -0.0982. The molecule has 0 radical (unpaired) electrons. The van der Waals surface area contributed by atoms with E-state index in [9.17, 15) is 0 Å². The molecule has 2 atom stereocenters. The van der Waals surface area contributed by atoms with E-state index in [2.05, 4.69) is 5.43 Å². The molecule has 3 N–H and O–H groups in total. The van der Waals surface area contributed by atoms with Crippen molar-refractivity contribution in [1.82, 2.24) is 5.43 Å². The van der Waals surface area contributed by atoms with Gasteiger partial charge in [-0.05, 0) is 43.2 Å². The first-order valence-electron chi connectivity index (χ1n) is 7.69. The fourth-order valence-electron chi connectivity index (χ4n) is 3.96. The SMILES string of the molecule is NNC(c1cccc(Cl)c1Cl)C1CCOC2(CCCC2)C1. The van der Waals surface area contributed by atoms with Crippen molar-refractivity contribution < 1.29 is 4.74 Å². The fourth-order valence-corrected chi connectivity index (χ4v) is 4.38. The summed E-state index contributed by atoms with van der Waals surface area (Å²) in [5, 5.41) is 1.19. The Bertz CT molecular complexity index is 503. The minimum absolute atomic E-state index is 0.0255. The Kier molecular flexibility index (Phi) is 4.77. The van der Waals surface area contributed by atoms with Gasteiger partial charge in [0.1, 0.15) is 0 Å². The first-order chi connectivity index (χ1) is 10.2. The Balaban J connectivity index is 1.84. The van der Waals surface area contributed by atoms with E-state index in [1.165, 1.54) is 25.7 Å². The quantitative estimate of drug-likeness (QED) is 0.644. The van der Waals surface area contributed by atoms with E-state index in [1.807, 2.05) is 18.2 Å². The first-order valence-corrected chi connectivity index (χ1v) is 8.45. The monoisotopic (exact) mass is 328 g/mol. The lowest BCUT2D eigenvalue weighted by atomic mass is 9.79. The summed E-state index contributed by atoms with van der Waals surface area (Å²) in [5.41, 5.74) is 4.03. The Morgan fingerprint density at radius 2 is 2.05 bits per heavy atom. The van der Waals surface area contributed by atoms with Crippen LogP contribution in [0.1, 0.15) is 50.1 Å². The average Bonchev–Trinajstić information content (AvgIpc) is 2.92. The molecule has 2 fully saturated rings. The number of ether oxygens (including phenoxy) is 1. The van der Waals surface area contributed by atoms with Crippen LogP contribution in [0.3, 0.4) is 0 Å². The maximum Gasteiger partial charge on any atom is 0.0686 e. The van der Waals surface area contributed by atoms with E-state index < -0.39 is 0 Å². The maximum atomic E-state index is 6.38. The number of benzene rings is 1. The molecule has 5 heteroatoms. The summed E-state index contributed by atoms with van der Waals surface area (Å²) in [6, 6.07) is 5.77. The molecule has 2 aliphatic rings. The van der Waals surface area contributed by atoms with Gasteiger partial charge in [-0.2, -0.15) is 0 Å². The summed E-state index contributed by atoms with van der Waals surface area (Å²) in [7, 11) is 0. The zero-order valence-electron chi connectivity index (χ0n) is 12.1. The van der Waals surface area contributed by atoms with Crippen LogP contribution in [0.2, 0.25) is 10.0 Å². The van der Waals surface area contributed by atoms with Crippen LogP contribution in [0.25, 0.3) is 0 Å². The molecule has 1 heterocycles. The van der Waals surface area contributed by atoms with E-state index in [0.717, 1.165) is 25.0 Å². The van der Waals surface area contributed by atoms with Crippen LogP contribution in [0, 0.1) is 5.92 Å². The third-order valence-corrected chi connectivity index (χ3v) is 5.85. The zero-order chi connectivity index (χ0) is 14.9. The zero-order valence-corrected chi connectivity index (χ0v) is 13.6. The van der Waals surface area contributed by atoms with Crippen molar-refractivity contribution in [3.05, 3.63) is 33.8 Å². The lowest BCUT2D eigenvalue weighted by Crippen LogP contribution is -2.43. The molecule has 0 bridgehead atoms. The number of nitrogens with two attached hydrogens (primary N) is 1. The predicted molar refractivity (Wildman–Crippen MR) is 86.4 cm³/mol. The van der Waals surface area contributed by atoms with Gasteiger partial charge in [0, 0.05) is 6.61 Å². The van der Waals surface area contributed by atoms with Gasteiger partial charge in [0.2, 0.25) is 0 Å². The molecule has 1 saturated heterocycles. The smallest absolute Gasteiger partial charge is 0.0686 e. The molecule has 21 heavy (non-hydrogen) atoms. The van der Waals surface area contributed by atoms with Crippen LogP contribution in [-0.2, 0) is 4.74 Å². The van der Waals surface area contributed by atoms with Crippen molar-refractivity contribution >= 4 is 23.2 Å². The first kappa shape index (κ1) is 15.6. The number of nitrogens with one attached hydrogen (secondary N) is 1. The van der Waals surface area contributed by atoms with E-state index in [4.69, 9.17) is 33.8 Å². The summed E-state index contributed by atoms with van der Waals surface area (Å²) >= 11 is 12.5. The molecule has 1 aromatic rings. The molecule has 3 nitrogen and oxygen atoms in total. The molecular formula is C16H22Cl2N2O. The highest BCUT2D eigenvalue weighted by Gasteiger charge is 2.42. The van der Waals surface area contributed by atoms with Gasteiger partial charge in [0.15, 0.2) is 0 Å². The molecule has 0 aromatic heterocycles. The van der Waals surface area contributed by atoms with Gasteiger partial charge in [-0.15, -0.1) is 0 Å². The second-order valence-corrected chi connectivity index (χ2v) is 7.06. The molecule has 1 spiro atoms. The standard InChI is InChI=1S/C16H22Cl2N2O/c17-13-5-3-4-12(14(13)18)15(20-19)11-6-9-21-16(10-11)7-1-2-8-16/h3-5,11,15,20H,1-2,6-10,19H2. The van der Waals surface area contributed by atoms with Crippen molar-refractivity contribution in [3.8, 4) is 0 Å². The largest absolute Gasteiger partial charge is 0.375 e. The molecule has 1 aromatic carbocycles. The van der Waals surface area contributed by atoms with Crippen LogP contribution in [-0.4, -0.2) is 12.2 Å². The molecule has 1 saturated carbocycles. The molecule has 3 rings (SSSR count). The summed E-state index contributed by atoms with van der Waals surface area (Å²) in [4.78, 5) is 0. The summed E-state index contributed by atoms with van der Waals surface area (Å²) in [5.74, 6) is 6.28. The topological polar surface area (TPSA) is 47.3 Å². The predicted octanol–water partition coefficient (Wildman–Crippen LogP) is 4.24. The van der Waals surface area contributed by atoms with Crippen molar-refractivity contribution in [2.24, 2.45) is 11.8 Å². The van der Waals surface area contributed by atoms with Gasteiger partial charge in [0.05, 0.1) is 21.7 Å². The minimum Gasteiger partial charge on any atom is -0.375 e. The van der Waals surface area contributed by atoms with Crippen molar-refractivity contribution in [2.75, 3.05) is 6.61 Å². The highest BCUT2D eigenvalue weighted by atomic mass is 35.5. The van der Waals surface area contributed by atoms with Gasteiger partial charge >= 0.3 is 0 Å². The van der Waals surface area contributed by atoms with E-state index in [0.29, 0.717) is 16.0 Å². The van der Waals surface area contributed by atoms with E-state index in [-0.39, 0.29) is 11.6 Å². The molecule has 116 valence electrons. The highest BCUT2D eigenvalue weighted by molar-refractivity contribution is 6.42. The number of halogens is 2. The second kappa shape index (κ2) is 6.43. The summed E-state index contributed by atoms with van der Waals surface area (Å²) < 4.78 is 6.11. The van der Waals surface area contributed by atoms with Crippen molar-refractivity contribution in [3.63, 3.8) is 0 Å². The number of hydrogen-bond donors (Lipinski definition) is 2. The minimum atomic E-state index is 0.0255. The van der Waals surface area contributed by atoms with Gasteiger partial charge in [-0.1, -0.05) is 48.2 Å². The van der Waals surface area contributed by atoms with Gasteiger partial charge in [-0.3, -0.25) is 11.3 Å². The van der Waals surface area contributed by atoms with E-state index >= 15 is 0 Å². The number of hydrazine groups is 1. The Hall–Kier alpha value is -0.320. The van der Waals surface area contributed by atoms with Crippen LogP contribution in [0.5, 0.6) is 0 Å². The molecule has 1 aliphatic heterocycles. The third-order valence-electron chi connectivity index (χ3n) is 5.01. The Morgan fingerprint density at radius 1 is 1.29 bits per heavy atom. The van der Waals surface area contributed by atoms with Crippen molar-refractivity contribution in [1.29, 1.82) is 0 Å². The molecular weight excluding hydrogens is 307 g/mol. The Morgan fingerprint density at radius 3 is 2.76 bits per heavy atom. The molecule has 0 amide bonds. The number of rotatable bonds is 3. The average molecular weight is 329 g/mol. The van der Waals surface area contributed by atoms with Crippen LogP contribution in [0.4, 0.5) is 0 Å². The molecule has 2 unspecified atom stereocenters. The van der Waals surface area contributed by atoms with Crippen LogP contribution < -0.4 is 11.3 Å². The molecule has 1 aliphatic carbocycles. The lowest BCUT2D eigenvalue weighted by Gasteiger charge is -2.41. The summed E-state index contributed by atoms with van der Waals surface area (Å²) in [6.45, 7) is 0.807. The Labute approximate surface area is 136 Å². The number of hydrogen-bond acceptors (Lipinski definition) is 3. The maximum absolute atomic E-state index is 6.38. The van der Waals surface area contributed by atoms with Gasteiger partial charge < -0.3 is 4.74 Å². The van der Waals surface area contributed by atoms with Gasteiger partial charge in [-0.25, -0.2) is 0 Å². The van der Waals surface area contributed by atoms with Crippen LogP contribution >= 0.6 is 23.2 Å². The van der Waals surface area contributed by atoms with Crippen molar-refractivity contribution in [2.45, 2.75) is 50.2 Å². The fraction of sp³-hybridized carbons (Fsp3) is 0.625. The normalized spacial score (nSPS) is 26.1. The summed E-state index contributed by atoms with van der Waals surface area (Å²) in [6.07, 6.45) is 6.93. The second-order valence-electron chi connectivity index (χ2n) is 6.28. The van der Waals surface area contributed by atoms with Gasteiger partial charge in [0.25, 0.3) is 0 Å².